The molecule has 1 aromatic heterocycles. The summed E-state index contributed by atoms with van der Waals surface area (Å²) in [7, 11) is 3.82. The van der Waals surface area contributed by atoms with Gasteiger partial charge in [-0.05, 0) is 26.2 Å². The smallest absolute Gasteiger partial charge is 0.314 e. The Bertz CT molecular complexity index is 847. The molecule has 0 aliphatic heterocycles. The second kappa shape index (κ2) is 8.22. The fraction of sp³-hybridized carbons (Fsp3) is 0.235. The summed E-state index contributed by atoms with van der Waals surface area (Å²) in [5, 5.41) is 8.24. The fourth-order valence-corrected chi connectivity index (χ4v) is 1.99. The van der Waals surface area contributed by atoms with Crippen LogP contribution in [-0.2, 0) is 16.1 Å². The molecule has 0 aliphatic rings. The molecule has 0 radical (unpaired) electrons. The van der Waals surface area contributed by atoms with Crippen molar-refractivity contribution in [2.45, 2.75) is 6.54 Å². The third kappa shape index (κ3) is 4.87. The lowest BCUT2D eigenvalue weighted by Gasteiger charge is -2.09. The van der Waals surface area contributed by atoms with Gasteiger partial charge in [0.1, 0.15) is 5.69 Å². The molecule has 2 rings (SSSR count). The number of amides is 2. The lowest BCUT2D eigenvalue weighted by atomic mass is 10.2. The van der Waals surface area contributed by atoms with Crippen molar-refractivity contribution in [3.63, 3.8) is 0 Å². The quantitative estimate of drug-likeness (QED) is 0.621. The summed E-state index contributed by atoms with van der Waals surface area (Å²) in [6.45, 7) is 1.33. The molecule has 9 heteroatoms. The van der Waals surface area contributed by atoms with Crippen molar-refractivity contribution in [3.05, 3.63) is 41.7 Å². The molecule has 0 saturated heterocycles. The first-order valence-electron chi connectivity index (χ1n) is 7.55. The Morgan fingerprint density at radius 2 is 1.85 bits per heavy atom. The van der Waals surface area contributed by atoms with E-state index < -0.39 is 29.1 Å². The summed E-state index contributed by atoms with van der Waals surface area (Å²) in [6.07, 6.45) is 7.97. The SMILES string of the molecule is C#Cc1cc(F)c(NC(=O)C(=O)Nc2cnn(CCN(C)C)c2)c(F)c1. The van der Waals surface area contributed by atoms with E-state index in [0.29, 0.717) is 6.54 Å². The maximum absolute atomic E-state index is 13.8. The number of benzene rings is 1. The van der Waals surface area contributed by atoms with Crippen LogP contribution >= 0.6 is 0 Å². The fourth-order valence-electron chi connectivity index (χ4n) is 1.99. The zero-order valence-electron chi connectivity index (χ0n) is 14.2. The zero-order valence-corrected chi connectivity index (χ0v) is 14.2. The van der Waals surface area contributed by atoms with Crippen LogP contribution < -0.4 is 10.6 Å². The van der Waals surface area contributed by atoms with Crippen molar-refractivity contribution in [2.75, 3.05) is 31.3 Å². The minimum absolute atomic E-state index is 0.0208. The van der Waals surface area contributed by atoms with Gasteiger partial charge in [0.2, 0.25) is 0 Å². The van der Waals surface area contributed by atoms with Gasteiger partial charge in [0, 0.05) is 18.3 Å². The molecule has 0 atom stereocenters. The number of aromatic nitrogens is 2. The van der Waals surface area contributed by atoms with Crippen LogP contribution in [0, 0.1) is 24.0 Å². The Morgan fingerprint density at radius 3 is 2.42 bits per heavy atom. The van der Waals surface area contributed by atoms with E-state index in [2.05, 4.69) is 16.3 Å². The highest BCUT2D eigenvalue weighted by Gasteiger charge is 2.19. The highest BCUT2D eigenvalue weighted by molar-refractivity contribution is 6.43. The number of terminal acetylenes is 1. The Kier molecular flexibility index (Phi) is 6.03. The summed E-state index contributed by atoms with van der Waals surface area (Å²) >= 11 is 0. The first kappa shape index (κ1) is 19.1. The molecule has 2 N–H and O–H groups in total. The summed E-state index contributed by atoms with van der Waals surface area (Å²) in [5.74, 6) is -2.38. The number of nitrogens with one attached hydrogen (secondary N) is 2. The van der Waals surface area contributed by atoms with Gasteiger partial charge in [0.05, 0.1) is 18.4 Å². The van der Waals surface area contributed by atoms with Crippen LogP contribution in [0.4, 0.5) is 20.2 Å². The molecule has 0 spiro atoms. The van der Waals surface area contributed by atoms with Crippen LogP contribution in [-0.4, -0.2) is 47.1 Å². The van der Waals surface area contributed by atoms with Gasteiger partial charge in [-0.3, -0.25) is 14.3 Å². The maximum Gasteiger partial charge on any atom is 0.314 e. The topological polar surface area (TPSA) is 79.3 Å². The van der Waals surface area contributed by atoms with Gasteiger partial charge in [0.25, 0.3) is 0 Å². The van der Waals surface area contributed by atoms with Crippen LogP contribution in [0.25, 0.3) is 0 Å². The van der Waals surface area contributed by atoms with E-state index in [1.54, 1.807) is 4.68 Å². The molecular formula is C17H17F2N5O2. The van der Waals surface area contributed by atoms with Crippen LogP contribution in [0.1, 0.15) is 5.56 Å². The van der Waals surface area contributed by atoms with Gasteiger partial charge in [-0.25, -0.2) is 8.78 Å². The molecular weight excluding hydrogens is 344 g/mol. The average molecular weight is 361 g/mol. The largest absolute Gasteiger partial charge is 0.315 e. The molecule has 2 amide bonds. The molecule has 26 heavy (non-hydrogen) atoms. The second-order valence-corrected chi connectivity index (χ2v) is 5.66. The molecule has 0 fully saturated rings. The highest BCUT2D eigenvalue weighted by Crippen LogP contribution is 2.20. The van der Waals surface area contributed by atoms with E-state index in [1.807, 2.05) is 24.3 Å². The number of halogens is 2. The van der Waals surface area contributed by atoms with Crippen molar-refractivity contribution < 1.29 is 18.4 Å². The third-order valence-corrected chi connectivity index (χ3v) is 3.32. The molecule has 7 nitrogen and oxygen atoms in total. The van der Waals surface area contributed by atoms with E-state index in [4.69, 9.17) is 6.42 Å². The molecule has 1 aromatic carbocycles. The number of hydrogen-bond acceptors (Lipinski definition) is 4. The predicted octanol–water partition coefficient (Wildman–Crippen LogP) is 1.28. The van der Waals surface area contributed by atoms with Gasteiger partial charge in [-0.2, -0.15) is 5.10 Å². The Balaban J connectivity index is 2.00. The molecule has 1 heterocycles. The maximum atomic E-state index is 13.8. The monoisotopic (exact) mass is 361 g/mol. The van der Waals surface area contributed by atoms with Crippen molar-refractivity contribution in [1.82, 2.24) is 14.7 Å². The number of anilines is 2. The van der Waals surface area contributed by atoms with Gasteiger partial charge < -0.3 is 15.5 Å². The molecule has 0 saturated carbocycles. The lowest BCUT2D eigenvalue weighted by Crippen LogP contribution is -2.29. The van der Waals surface area contributed by atoms with Crippen molar-refractivity contribution in [3.8, 4) is 12.3 Å². The van der Waals surface area contributed by atoms with Crippen molar-refractivity contribution in [1.29, 1.82) is 0 Å². The number of carbonyl (C=O) groups excluding carboxylic acids is 2. The molecule has 0 bridgehead atoms. The second-order valence-electron chi connectivity index (χ2n) is 5.66. The van der Waals surface area contributed by atoms with E-state index in [0.717, 1.165) is 18.7 Å². The minimum atomic E-state index is -1.22. The molecule has 0 unspecified atom stereocenters. The Labute approximate surface area is 149 Å². The minimum Gasteiger partial charge on any atom is -0.315 e. The number of rotatable bonds is 5. The first-order valence-corrected chi connectivity index (χ1v) is 7.55. The number of carbonyl (C=O) groups is 2. The summed E-state index contributed by atoms with van der Waals surface area (Å²) < 4.78 is 29.2. The van der Waals surface area contributed by atoms with Crippen molar-refractivity contribution in [2.24, 2.45) is 0 Å². The standard InChI is InChI=1S/C17H17F2N5O2/c1-4-11-7-13(18)15(14(19)8-11)22-17(26)16(25)21-12-9-20-24(10-12)6-5-23(2)3/h1,7-10H,5-6H2,2-3H3,(H,21,25)(H,22,26). The Morgan fingerprint density at radius 1 is 1.23 bits per heavy atom. The summed E-state index contributed by atoms with van der Waals surface area (Å²) in [5.41, 5.74) is -0.481. The molecule has 0 aliphatic carbocycles. The summed E-state index contributed by atoms with van der Waals surface area (Å²) in [4.78, 5) is 25.7. The highest BCUT2D eigenvalue weighted by atomic mass is 19.1. The van der Waals surface area contributed by atoms with Crippen molar-refractivity contribution >= 4 is 23.2 Å². The molecule has 136 valence electrons. The van der Waals surface area contributed by atoms with Crippen LogP contribution in [0.15, 0.2) is 24.5 Å². The van der Waals surface area contributed by atoms with Crippen LogP contribution in [0.2, 0.25) is 0 Å². The average Bonchev–Trinajstić information content (AvgIpc) is 3.03. The van der Waals surface area contributed by atoms with E-state index in [9.17, 15) is 18.4 Å². The van der Waals surface area contributed by atoms with E-state index in [-0.39, 0.29) is 11.3 Å². The number of nitrogens with zero attached hydrogens (tertiary/aromatic N) is 3. The zero-order chi connectivity index (χ0) is 19.3. The van der Waals surface area contributed by atoms with Gasteiger partial charge in [0.15, 0.2) is 11.6 Å². The number of hydrogen-bond donors (Lipinski definition) is 2. The third-order valence-electron chi connectivity index (χ3n) is 3.32. The van der Waals surface area contributed by atoms with Gasteiger partial charge in [-0.15, -0.1) is 6.42 Å². The summed E-state index contributed by atoms with van der Waals surface area (Å²) in [6, 6.07) is 1.76. The lowest BCUT2D eigenvalue weighted by molar-refractivity contribution is -0.133. The number of likely N-dealkylation sites (N-methyl/N-ethyl adjacent to an activating group) is 1. The first-order chi connectivity index (χ1) is 12.3. The van der Waals surface area contributed by atoms with E-state index >= 15 is 0 Å². The normalized spacial score (nSPS) is 10.5. The predicted molar refractivity (Wildman–Crippen MR) is 92.3 cm³/mol. The van der Waals surface area contributed by atoms with Gasteiger partial charge >= 0.3 is 11.8 Å². The molecule has 2 aromatic rings. The van der Waals surface area contributed by atoms with Crippen LogP contribution in [0.3, 0.4) is 0 Å². The Hall–Kier alpha value is -3.25. The van der Waals surface area contributed by atoms with E-state index in [1.165, 1.54) is 12.4 Å². The van der Waals surface area contributed by atoms with Gasteiger partial charge in [-0.1, -0.05) is 5.92 Å². The van der Waals surface area contributed by atoms with Crippen LogP contribution in [0.5, 0.6) is 0 Å².